The second-order valence-electron chi connectivity index (χ2n) is 6.58. The maximum absolute atomic E-state index is 12.4. The highest BCUT2D eigenvalue weighted by atomic mass is 35.5. The van der Waals surface area contributed by atoms with Crippen LogP contribution in [-0.2, 0) is 4.79 Å². The molecule has 2 aliphatic heterocycles. The Morgan fingerprint density at radius 2 is 2.16 bits per heavy atom. The van der Waals surface area contributed by atoms with E-state index in [0.29, 0.717) is 23.1 Å². The quantitative estimate of drug-likeness (QED) is 0.485. The van der Waals surface area contributed by atoms with Crippen LogP contribution in [0.1, 0.15) is 44.9 Å². The molecule has 2 saturated heterocycles. The van der Waals surface area contributed by atoms with Gasteiger partial charge in [-0.2, -0.15) is 0 Å². The number of pyridine rings is 1. The van der Waals surface area contributed by atoms with Crippen LogP contribution in [0.3, 0.4) is 0 Å². The summed E-state index contributed by atoms with van der Waals surface area (Å²) in [4.78, 5) is 18.3. The van der Waals surface area contributed by atoms with Crippen LogP contribution in [0.25, 0.3) is 0 Å². The molecule has 2 fully saturated rings. The van der Waals surface area contributed by atoms with Gasteiger partial charge in [0.25, 0.3) is 0 Å². The molecule has 1 atom stereocenters. The van der Waals surface area contributed by atoms with Crippen molar-refractivity contribution in [3.8, 4) is 5.75 Å². The van der Waals surface area contributed by atoms with Gasteiger partial charge in [-0.1, -0.05) is 39.6 Å². The molecular weight excluding hydrogens is 376 g/mol. The Bertz CT molecular complexity index is 562. The van der Waals surface area contributed by atoms with Crippen molar-refractivity contribution in [3.63, 3.8) is 0 Å². The van der Waals surface area contributed by atoms with Gasteiger partial charge in [0, 0.05) is 61.8 Å². The van der Waals surface area contributed by atoms with E-state index in [1.165, 1.54) is 25.0 Å². The Kier molecular flexibility index (Phi) is 7.62. The fraction of sp³-hybridized carbons (Fsp3) is 0.667. The molecule has 0 bridgehead atoms. The van der Waals surface area contributed by atoms with E-state index in [1.54, 1.807) is 18.5 Å². The lowest BCUT2D eigenvalue weighted by molar-refractivity contribution is -0.133. The lowest BCUT2D eigenvalue weighted by Gasteiger charge is -2.32. The first kappa shape index (κ1) is 19.2. The van der Waals surface area contributed by atoms with E-state index in [0.717, 1.165) is 37.6 Å². The molecule has 3 heterocycles. The number of hydrogen-bond donors (Lipinski definition) is 0. The van der Waals surface area contributed by atoms with E-state index in [-0.39, 0.29) is 6.10 Å². The number of nitrogens with zero attached hydrogens (tertiary/aromatic N) is 2. The van der Waals surface area contributed by atoms with Gasteiger partial charge in [-0.3, -0.25) is 9.78 Å². The molecule has 0 N–H and O–H groups in total. The van der Waals surface area contributed by atoms with Crippen LogP contribution in [0.4, 0.5) is 0 Å². The van der Waals surface area contributed by atoms with Gasteiger partial charge in [0.05, 0.1) is 0 Å². The van der Waals surface area contributed by atoms with E-state index < -0.39 is 0 Å². The highest BCUT2D eigenvalue weighted by molar-refractivity contribution is 8.77. The van der Waals surface area contributed by atoms with Crippen LogP contribution in [0.15, 0.2) is 18.5 Å². The van der Waals surface area contributed by atoms with E-state index in [1.807, 2.05) is 26.5 Å². The Morgan fingerprint density at radius 3 is 2.88 bits per heavy atom. The number of carbonyl (C=O) groups excluding carboxylic acids is 1. The molecule has 0 aliphatic carbocycles. The summed E-state index contributed by atoms with van der Waals surface area (Å²) in [7, 11) is 4.01. The fourth-order valence-corrected chi connectivity index (χ4v) is 6.42. The van der Waals surface area contributed by atoms with Gasteiger partial charge in [0.2, 0.25) is 5.91 Å². The van der Waals surface area contributed by atoms with E-state index in [2.05, 4.69) is 4.98 Å². The number of halogens is 1. The highest BCUT2D eigenvalue weighted by Crippen LogP contribution is 2.39. The fourth-order valence-electron chi connectivity index (χ4n) is 3.23. The number of amides is 1. The van der Waals surface area contributed by atoms with Gasteiger partial charge in [-0.15, -0.1) is 0 Å². The monoisotopic (exact) mass is 400 g/mol. The summed E-state index contributed by atoms with van der Waals surface area (Å²) in [5.74, 6) is 2.27. The van der Waals surface area contributed by atoms with Gasteiger partial charge in [0.15, 0.2) is 0 Å². The third-order valence-corrected chi connectivity index (χ3v) is 8.01. The molecular formula is C18H25ClN2O2S2. The first-order valence-electron chi connectivity index (χ1n) is 9.04. The first-order chi connectivity index (χ1) is 12.2. The van der Waals surface area contributed by atoms with Gasteiger partial charge < -0.3 is 9.64 Å². The zero-order valence-corrected chi connectivity index (χ0v) is 16.8. The zero-order chi connectivity index (χ0) is 17.5. The van der Waals surface area contributed by atoms with E-state index >= 15 is 0 Å². The Labute approximate surface area is 162 Å². The number of ether oxygens (including phenoxy) is 1. The standard InChI is InChI=1S/C18H25ClN2O2S2/c19-16-13-20-9-5-17(16)23-14-6-10-21(11-7-14)18(22)4-2-1-3-15-8-12-24-25-15/h5,9,13-15H,1-4,6-8,10-12H2/t15-/m1/s1. The van der Waals surface area contributed by atoms with Crippen LogP contribution < -0.4 is 4.74 Å². The van der Waals surface area contributed by atoms with Crippen molar-refractivity contribution in [2.45, 2.75) is 56.3 Å². The van der Waals surface area contributed by atoms with E-state index in [9.17, 15) is 4.79 Å². The summed E-state index contributed by atoms with van der Waals surface area (Å²) < 4.78 is 5.96. The van der Waals surface area contributed by atoms with Crippen LogP contribution in [0.5, 0.6) is 5.75 Å². The number of rotatable bonds is 7. The molecule has 3 rings (SSSR count). The van der Waals surface area contributed by atoms with Crippen molar-refractivity contribution >= 4 is 39.1 Å². The summed E-state index contributed by atoms with van der Waals surface area (Å²) in [6.45, 7) is 1.56. The van der Waals surface area contributed by atoms with E-state index in [4.69, 9.17) is 16.3 Å². The molecule has 25 heavy (non-hydrogen) atoms. The van der Waals surface area contributed by atoms with Gasteiger partial charge >= 0.3 is 0 Å². The molecule has 0 aromatic carbocycles. The summed E-state index contributed by atoms with van der Waals surface area (Å²) in [6, 6.07) is 1.79. The van der Waals surface area contributed by atoms with Crippen LogP contribution in [0, 0.1) is 0 Å². The number of hydrogen-bond acceptors (Lipinski definition) is 5. The van der Waals surface area contributed by atoms with Crippen LogP contribution in [-0.4, -0.2) is 46.0 Å². The van der Waals surface area contributed by atoms with Crippen molar-refractivity contribution < 1.29 is 9.53 Å². The number of aromatic nitrogens is 1. The third kappa shape index (κ3) is 5.97. The second-order valence-corrected chi connectivity index (χ2v) is 9.77. The van der Waals surface area contributed by atoms with Crippen molar-refractivity contribution in [1.29, 1.82) is 0 Å². The number of carbonyl (C=O) groups is 1. The van der Waals surface area contributed by atoms with Crippen molar-refractivity contribution in [2.24, 2.45) is 0 Å². The minimum Gasteiger partial charge on any atom is -0.489 e. The molecule has 2 aliphatic rings. The molecule has 1 aromatic heterocycles. The van der Waals surface area contributed by atoms with Gasteiger partial charge in [-0.25, -0.2) is 0 Å². The second kappa shape index (κ2) is 9.93. The molecule has 4 nitrogen and oxygen atoms in total. The number of piperidine rings is 1. The van der Waals surface area contributed by atoms with Gasteiger partial charge in [0.1, 0.15) is 16.9 Å². The van der Waals surface area contributed by atoms with Crippen LogP contribution >= 0.6 is 33.2 Å². The maximum atomic E-state index is 12.4. The Morgan fingerprint density at radius 1 is 1.32 bits per heavy atom. The maximum Gasteiger partial charge on any atom is 0.222 e. The molecule has 1 aromatic rings. The molecule has 0 saturated carbocycles. The SMILES string of the molecule is O=C(CCCC[C@@H]1CCSS1)N1CCC(Oc2ccncc2Cl)CC1. The molecule has 1 amide bonds. The normalized spacial score (nSPS) is 21.5. The number of unbranched alkanes of at least 4 members (excludes halogenated alkanes) is 1. The Balaban J connectivity index is 1.32. The lowest BCUT2D eigenvalue weighted by Crippen LogP contribution is -2.41. The topological polar surface area (TPSA) is 42.4 Å². The van der Waals surface area contributed by atoms with Gasteiger partial charge in [-0.05, 0) is 19.3 Å². The van der Waals surface area contributed by atoms with Crippen molar-refractivity contribution in [2.75, 3.05) is 18.8 Å². The third-order valence-electron chi connectivity index (χ3n) is 4.72. The lowest BCUT2D eigenvalue weighted by atomic mass is 10.1. The highest BCUT2D eigenvalue weighted by Gasteiger charge is 2.24. The largest absolute Gasteiger partial charge is 0.489 e. The predicted octanol–water partition coefficient (Wildman–Crippen LogP) is 4.82. The number of likely N-dealkylation sites (tertiary alicyclic amines) is 1. The minimum absolute atomic E-state index is 0.126. The predicted molar refractivity (Wildman–Crippen MR) is 106 cm³/mol. The molecule has 0 spiro atoms. The molecule has 138 valence electrons. The smallest absolute Gasteiger partial charge is 0.222 e. The first-order valence-corrected chi connectivity index (χ1v) is 11.8. The molecule has 0 unspecified atom stereocenters. The summed E-state index contributed by atoms with van der Waals surface area (Å²) in [6.07, 6.45) is 10.6. The summed E-state index contributed by atoms with van der Waals surface area (Å²) in [5.41, 5.74) is 0. The zero-order valence-electron chi connectivity index (χ0n) is 14.4. The Hall–Kier alpha value is -0.590. The van der Waals surface area contributed by atoms with Crippen LogP contribution in [0.2, 0.25) is 5.02 Å². The average Bonchev–Trinajstić information content (AvgIpc) is 3.15. The van der Waals surface area contributed by atoms with Crippen molar-refractivity contribution in [3.05, 3.63) is 23.5 Å². The molecule has 0 radical (unpaired) electrons. The average molecular weight is 401 g/mol. The molecule has 7 heteroatoms. The minimum atomic E-state index is 0.126. The summed E-state index contributed by atoms with van der Waals surface area (Å²) >= 11 is 6.09. The van der Waals surface area contributed by atoms with Crippen molar-refractivity contribution in [1.82, 2.24) is 9.88 Å². The summed E-state index contributed by atoms with van der Waals surface area (Å²) in [5, 5.41) is 1.35.